The van der Waals surface area contributed by atoms with Crippen molar-refractivity contribution in [2.75, 3.05) is 5.32 Å². The quantitative estimate of drug-likeness (QED) is 0.319. The number of aromatic amines is 1. The van der Waals surface area contributed by atoms with Crippen molar-refractivity contribution in [2.45, 2.75) is 26.4 Å². The van der Waals surface area contributed by atoms with Gasteiger partial charge in [0.05, 0.1) is 28.0 Å². The lowest BCUT2D eigenvalue weighted by molar-refractivity contribution is -0.124. The number of imidazole rings is 1. The van der Waals surface area contributed by atoms with Gasteiger partial charge in [-0.15, -0.1) is 0 Å². The molecule has 0 aliphatic carbocycles. The van der Waals surface area contributed by atoms with Crippen LogP contribution in [0, 0.1) is 6.92 Å². The molecule has 2 N–H and O–H groups in total. The summed E-state index contributed by atoms with van der Waals surface area (Å²) in [5, 5.41) is 2.68. The maximum Gasteiger partial charge on any atom is 0.338 e. The number of nitrogens with one attached hydrogen (secondary N) is 2. The van der Waals surface area contributed by atoms with Gasteiger partial charge in [0.2, 0.25) is 0 Å². The average Bonchev–Trinajstić information content (AvgIpc) is 3.46. The number of ether oxygens (including phenoxy) is 1. The zero-order chi connectivity index (χ0) is 26.8. The predicted octanol–water partition coefficient (Wildman–Crippen LogP) is 4.00. The van der Waals surface area contributed by atoms with Crippen LogP contribution in [0.2, 0.25) is 0 Å². The van der Waals surface area contributed by atoms with Crippen molar-refractivity contribution >= 4 is 28.6 Å². The summed E-state index contributed by atoms with van der Waals surface area (Å²) in [5.41, 5.74) is 3.42. The summed E-state index contributed by atoms with van der Waals surface area (Å²) in [6, 6.07) is 17.8. The van der Waals surface area contributed by atoms with Gasteiger partial charge in [0, 0.05) is 25.0 Å². The summed E-state index contributed by atoms with van der Waals surface area (Å²) < 4.78 is 8.69. The van der Waals surface area contributed by atoms with Crippen LogP contribution in [0.4, 0.5) is 5.69 Å². The van der Waals surface area contributed by atoms with Gasteiger partial charge in [-0.2, -0.15) is 0 Å². The molecular weight excluding hydrogens is 484 g/mol. The van der Waals surface area contributed by atoms with Crippen molar-refractivity contribution in [3.63, 3.8) is 0 Å². The molecule has 2 aromatic carbocycles. The highest BCUT2D eigenvalue weighted by molar-refractivity contribution is 5.99. The standard InChI is InChI=1S/C28H26N6O4/c1-4-23(26(35)32-24-17(2)33(3)34(27(24)36)20-10-6-5-7-11-20)38-28(37)18-12-13-21-22(15-18)31-25(30-21)19-9-8-14-29-16-19/h5-16,23H,4H2,1-3H3,(H,30,31)(H,32,35). The third-order valence-corrected chi connectivity index (χ3v) is 6.37. The average molecular weight is 511 g/mol. The zero-order valence-corrected chi connectivity index (χ0v) is 21.1. The van der Waals surface area contributed by atoms with Gasteiger partial charge >= 0.3 is 5.97 Å². The van der Waals surface area contributed by atoms with Crippen LogP contribution in [-0.2, 0) is 16.6 Å². The highest BCUT2D eigenvalue weighted by atomic mass is 16.5. The molecule has 5 aromatic rings. The van der Waals surface area contributed by atoms with Gasteiger partial charge in [-0.25, -0.2) is 14.5 Å². The van der Waals surface area contributed by atoms with E-state index in [0.29, 0.717) is 28.2 Å². The summed E-state index contributed by atoms with van der Waals surface area (Å²) >= 11 is 0. The summed E-state index contributed by atoms with van der Waals surface area (Å²) in [6.45, 7) is 3.47. The van der Waals surface area contributed by atoms with E-state index in [0.717, 1.165) is 5.56 Å². The van der Waals surface area contributed by atoms with Crippen LogP contribution in [0.3, 0.4) is 0 Å². The molecule has 3 heterocycles. The fourth-order valence-electron chi connectivity index (χ4n) is 4.21. The molecule has 10 nitrogen and oxygen atoms in total. The van der Waals surface area contributed by atoms with Gasteiger partial charge in [0.15, 0.2) is 6.10 Å². The second-order valence-electron chi connectivity index (χ2n) is 8.79. The summed E-state index contributed by atoms with van der Waals surface area (Å²) in [6.07, 6.45) is 2.52. The molecule has 0 radical (unpaired) electrons. The Labute approximate surface area is 217 Å². The number of amides is 1. The minimum absolute atomic E-state index is 0.137. The van der Waals surface area contributed by atoms with Gasteiger partial charge in [-0.3, -0.25) is 19.3 Å². The van der Waals surface area contributed by atoms with Crippen molar-refractivity contribution in [2.24, 2.45) is 7.05 Å². The van der Waals surface area contributed by atoms with Crippen LogP contribution >= 0.6 is 0 Å². The Balaban J connectivity index is 1.34. The van der Waals surface area contributed by atoms with E-state index in [4.69, 9.17) is 4.74 Å². The highest BCUT2D eigenvalue weighted by Crippen LogP contribution is 2.22. The van der Waals surface area contributed by atoms with Gasteiger partial charge in [-0.1, -0.05) is 25.1 Å². The Morgan fingerprint density at radius 1 is 1.11 bits per heavy atom. The maximum atomic E-state index is 13.1. The van der Waals surface area contributed by atoms with Gasteiger partial charge in [0.25, 0.3) is 11.5 Å². The summed E-state index contributed by atoms with van der Waals surface area (Å²) in [5.74, 6) is -0.602. The Kier molecular flexibility index (Phi) is 6.61. The lowest BCUT2D eigenvalue weighted by Gasteiger charge is -2.15. The molecule has 0 bridgehead atoms. The molecule has 0 aliphatic heterocycles. The van der Waals surface area contributed by atoms with Crippen LogP contribution in [-0.4, -0.2) is 42.3 Å². The fraction of sp³-hybridized carbons (Fsp3) is 0.179. The molecule has 0 fully saturated rings. The summed E-state index contributed by atoms with van der Waals surface area (Å²) in [7, 11) is 1.74. The number of para-hydroxylation sites is 1. The topological polar surface area (TPSA) is 124 Å². The number of esters is 1. The first-order valence-electron chi connectivity index (χ1n) is 12.1. The number of hydrogen-bond donors (Lipinski definition) is 2. The van der Waals surface area contributed by atoms with E-state index in [2.05, 4.69) is 20.3 Å². The predicted molar refractivity (Wildman–Crippen MR) is 143 cm³/mol. The van der Waals surface area contributed by atoms with E-state index in [-0.39, 0.29) is 23.2 Å². The molecule has 0 saturated carbocycles. The van der Waals surface area contributed by atoms with Crippen LogP contribution in [0.15, 0.2) is 77.9 Å². The van der Waals surface area contributed by atoms with E-state index in [1.807, 2.05) is 30.3 Å². The normalized spacial score (nSPS) is 11.9. The van der Waals surface area contributed by atoms with Gasteiger partial charge in [-0.05, 0) is 55.8 Å². The van der Waals surface area contributed by atoms with Crippen LogP contribution < -0.4 is 10.9 Å². The van der Waals surface area contributed by atoms with Crippen molar-refractivity contribution in [3.05, 3.63) is 94.7 Å². The van der Waals surface area contributed by atoms with Gasteiger partial charge < -0.3 is 15.0 Å². The number of hydrogen-bond acceptors (Lipinski definition) is 6. The zero-order valence-electron chi connectivity index (χ0n) is 21.1. The molecule has 10 heteroatoms. The van der Waals surface area contributed by atoms with E-state index < -0.39 is 18.0 Å². The number of aromatic nitrogens is 5. The minimum atomic E-state index is -1.09. The molecule has 38 heavy (non-hydrogen) atoms. The van der Waals surface area contributed by atoms with Crippen molar-refractivity contribution in [1.29, 1.82) is 0 Å². The number of benzene rings is 2. The molecular formula is C28H26N6O4. The number of H-pyrrole nitrogens is 1. The first-order chi connectivity index (χ1) is 18.4. The molecule has 3 aromatic heterocycles. The fourth-order valence-corrected chi connectivity index (χ4v) is 4.21. The lowest BCUT2D eigenvalue weighted by Crippen LogP contribution is -2.33. The van der Waals surface area contributed by atoms with Crippen LogP contribution in [0.1, 0.15) is 29.4 Å². The smallest absolute Gasteiger partial charge is 0.338 e. The second kappa shape index (κ2) is 10.2. The monoisotopic (exact) mass is 510 g/mol. The molecule has 1 atom stereocenters. The first-order valence-corrected chi connectivity index (χ1v) is 12.1. The Hall–Kier alpha value is -4.99. The van der Waals surface area contributed by atoms with E-state index >= 15 is 0 Å². The lowest BCUT2D eigenvalue weighted by atomic mass is 10.2. The number of carbonyl (C=O) groups is 2. The van der Waals surface area contributed by atoms with E-state index in [1.165, 1.54) is 4.68 Å². The Morgan fingerprint density at radius 2 is 1.89 bits per heavy atom. The summed E-state index contributed by atoms with van der Waals surface area (Å²) in [4.78, 5) is 51.0. The van der Waals surface area contributed by atoms with Crippen LogP contribution in [0.5, 0.6) is 0 Å². The number of pyridine rings is 1. The number of anilines is 1. The molecule has 0 spiro atoms. The third kappa shape index (κ3) is 4.59. The molecule has 5 rings (SSSR count). The van der Waals surface area contributed by atoms with Crippen molar-refractivity contribution < 1.29 is 14.3 Å². The highest BCUT2D eigenvalue weighted by Gasteiger charge is 2.26. The molecule has 1 unspecified atom stereocenters. The van der Waals surface area contributed by atoms with E-state index in [9.17, 15) is 14.4 Å². The molecule has 0 aliphatic rings. The SMILES string of the molecule is CCC(OC(=O)c1ccc2nc(-c3cccnc3)[nH]c2c1)C(=O)Nc1c(C)n(C)n(-c2ccccc2)c1=O. The van der Waals surface area contributed by atoms with Crippen molar-refractivity contribution in [3.8, 4) is 17.1 Å². The minimum Gasteiger partial charge on any atom is -0.449 e. The number of fused-ring (bicyclic) bond motifs is 1. The van der Waals surface area contributed by atoms with E-state index in [1.54, 1.807) is 68.3 Å². The van der Waals surface area contributed by atoms with Gasteiger partial charge in [0.1, 0.15) is 11.5 Å². The van der Waals surface area contributed by atoms with Crippen LogP contribution in [0.25, 0.3) is 28.1 Å². The number of nitrogens with zero attached hydrogens (tertiary/aromatic N) is 4. The van der Waals surface area contributed by atoms with Crippen molar-refractivity contribution in [1.82, 2.24) is 24.3 Å². The molecule has 0 saturated heterocycles. The number of rotatable bonds is 7. The number of carbonyl (C=O) groups excluding carboxylic acids is 2. The molecule has 1 amide bonds. The first kappa shape index (κ1) is 24.7. The Morgan fingerprint density at radius 3 is 2.61 bits per heavy atom. The third-order valence-electron chi connectivity index (χ3n) is 6.37. The Bertz CT molecular complexity index is 1690. The largest absolute Gasteiger partial charge is 0.449 e. The molecule has 192 valence electrons. The second-order valence-corrected chi connectivity index (χ2v) is 8.79. The maximum absolute atomic E-state index is 13.1.